The van der Waals surface area contributed by atoms with E-state index in [4.69, 9.17) is 9.51 Å². The van der Waals surface area contributed by atoms with Gasteiger partial charge in [0.25, 0.3) is 5.91 Å². The number of rotatable bonds is 6. The summed E-state index contributed by atoms with van der Waals surface area (Å²) < 4.78 is 6.46. The molecule has 2 aromatic carbocycles. The summed E-state index contributed by atoms with van der Waals surface area (Å²) in [5.74, 6) is -1.59. The number of carbonyl (C=O) groups is 2. The number of benzene rings is 2. The molecule has 0 unspecified atom stereocenters. The number of carboxylic acids is 1. The highest BCUT2D eigenvalue weighted by atomic mass is 32.1. The summed E-state index contributed by atoms with van der Waals surface area (Å²) in [4.78, 5) is 38.3. The van der Waals surface area contributed by atoms with Crippen molar-refractivity contribution in [1.29, 1.82) is 0 Å². The maximum atomic E-state index is 14.4. The first kappa shape index (κ1) is 26.0. The van der Waals surface area contributed by atoms with Crippen molar-refractivity contribution >= 4 is 33.4 Å². The average Bonchev–Trinajstić information content (AvgIpc) is 3.60. The van der Waals surface area contributed by atoms with Crippen LogP contribution in [0.5, 0.6) is 0 Å². The molecule has 3 atom stereocenters. The van der Waals surface area contributed by atoms with Crippen molar-refractivity contribution in [2.45, 2.75) is 70.4 Å². The van der Waals surface area contributed by atoms with Gasteiger partial charge in [-0.05, 0) is 54.0 Å². The lowest BCUT2D eigenvalue weighted by atomic mass is 9.83. The van der Waals surface area contributed by atoms with E-state index in [1.807, 2.05) is 50.2 Å². The monoisotopic (exact) mass is 532 g/mol. The summed E-state index contributed by atoms with van der Waals surface area (Å²) >= 11 is 1.46. The quantitative estimate of drug-likeness (QED) is 0.314. The highest BCUT2D eigenvalue weighted by Gasteiger charge is 2.61. The topological polar surface area (TPSA) is 109 Å². The molecule has 0 saturated carbocycles. The highest BCUT2D eigenvalue weighted by Crippen LogP contribution is 2.55. The largest absolute Gasteiger partial charge is 0.479 e. The lowest BCUT2D eigenvalue weighted by Crippen LogP contribution is -2.54. The predicted molar refractivity (Wildman–Crippen MR) is 145 cm³/mol. The van der Waals surface area contributed by atoms with Crippen molar-refractivity contribution in [3.05, 3.63) is 76.9 Å². The summed E-state index contributed by atoms with van der Waals surface area (Å²) in [7, 11) is 0. The van der Waals surface area contributed by atoms with Crippen molar-refractivity contribution in [2.24, 2.45) is 5.92 Å². The number of thiazole rings is 1. The number of hydrogen-bond donors (Lipinski definition) is 1. The van der Waals surface area contributed by atoms with Gasteiger partial charge >= 0.3 is 5.97 Å². The van der Waals surface area contributed by atoms with E-state index in [1.54, 1.807) is 17.0 Å². The Hall–Kier alpha value is -3.59. The molecule has 3 heterocycles. The van der Waals surface area contributed by atoms with E-state index in [0.717, 1.165) is 15.8 Å². The Morgan fingerprint density at radius 3 is 2.45 bits per heavy atom. The van der Waals surface area contributed by atoms with Crippen LogP contribution in [0, 0.1) is 5.92 Å². The van der Waals surface area contributed by atoms with Crippen molar-refractivity contribution < 1.29 is 19.2 Å². The summed E-state index contributed by atoms with van der Waals surface area (Å²) in [6.45, 7) is 10.3. The van der Waals surface area contributed by atoms with Gasteiger partial charge in [0.15, 0.2) is 6.33 Å². The molecule has 1 aliphatic heterocycles. The van der Waals surface area contributed by atoms with Gasteiger partial charge in [-0.15, -0.1) is 11.3 Å². The molecule has 1 amide bonds. The van der Waals surface area contributed by atoms with E-state index in [9.17, 15) is 14.7 Å². The van der Waals surface area contributed by atoms with E-state index in [2.05, 4.69) is 30.9 Å². The number of likely N-dealkylation sites (tertiary alicyclic amines) is 1. The fraction of sp³-hybridized carbons (Fsp3) is 0.414. The van der Waals surface area contributed by atoms with Gasteiger partial charge in [-0.2, -0.15) is 4.98 Å². The van der Waals surface area contributed by atoms with E-state index in [0.29, 0.717) is 16.5 Å². The molecule has 1 aliphatic rings. The molecule has 8 nitrogen and oxygen atoms in total. The van der Waals surface area contributed by atoms with Crippen LogP contribution >= 0.6 is 11.3 Å². The molecule has 1 fully saturated rings. The van der Waals surface area contributed by atoms with Crippen LogP contribution in [0.4, 0.5) is 0 Å². The Morgan fingerprint density at radius 1 is 1.16 bits per heavy atom. The fourth-order valence-corrected chi connectivity index (χ4v) is 6.72. The first-order chi connectivity index (χ1) is 18.0. The minimum atomic E-state index is -1.48. The standard InChI is InChI=1S/C29H32N4O4S/c1-17(2)14-29(27(35)36)15-20(24-30-16-31-37-24)23(25-32-21-8-6-7-9-22(21)38-25)33(29)26(34)18-10-12-19(13-11-18)28(3,4)5/h6-13,16-17,20,23H,14-15H2,1-5H3,(H,35,36)/t20-,23+,29-/m0/s1. The fourth-order valence-electron chi connectivity index (χ4n) is 5.59. The van der Waals surface area contributed by atoms with E-state index in [-0.39, 0.29) is 30.1 Å². The molecule has 4 aromatic rings. The van der Waals surface area contributed by atoms with Crippen molar-refractivity contribution in [1.82, 2.24) is 20.0 Å². The summed E-state index contributed by atoms with van der Waals surface area (Å²) in [5, 5.41) is 15.2. The molecule has 0 bridgehead atoms. The third-order valence-corrected chi connectivity index (χ3v) is 8.40. The van der Waals surface area contributed by atoms with Gasteiger partial charge in [-0.3, -0.25) is 4.79 Å². The van der Waals surface area contributed by atoms with Crippen LogP contribution in [0.1, 0.15) is 86.2 Å². The van der Waals surface area contributed by atoms with E-state index in [1.165, 1.54) is 17.7 Å². The van der Waals surface area contributed by atoms with Crippen LogP contribution in [0.2, 0.25) is 0 Å². The van der Waals surface area contributed by atoms with Gasteiger partial charge in [0.2, 0.25) is 5.89 Å². The second kappa shape index (κ2) is 9.62. The second-order valence-electron chi connectivity index (χ2n) is 11.5. The Kier molecular flexibility index (Phi) is 6.59. The molecule has 0 radical (unpaired) electrons. The molecule has 1 N–H and O–H groups in total. The third-order valence-electron chi connectivity index (χ3n) is 7.30. The number of aliphatic carboxylic acids is 1. The molecule has 198 valence electrons. The van der Waals surface area contributed by atoms with Gasteiger partial charge in [-0.1, -0.05) is 64.0 Å². The maximum absolute atomic E-state index is 14.4. The van der Waals surface area contributed by atoms with E-state index >= 15 is 0 Å². The van der Waals surface area contributed by atoms with Crippen LogP contribution in [0.25, 0.3) is 10.2 Å². The first-order valence-corrected chi connectivity index (χ1v) is 13.6. The minimum Gasteiger partial charge on any atom is -0.479 e. The van der Waals surface area contributed by atoms with Crippen LogP contribution in [0.3, 0.4) is 0 Å². The second-order valence-corrected chi connectivity index (χ2v) is 12.6. The smallest absolute Gasteiger partial charge is 0.329 e. The van der Waals surface area contributed by atoms with Crippen LogP contribution in [-0.4, -0.2) is 42.5 Å². The number of nitrogens with zero attached hydrogens (tertiary/aromatic N) is 4. The lowest BCUT2D eigenvalue weighted by molar-refractivity contribution is -0.150. The number of amides is 1. The summed E-state index contributed by atoms with van der Waals surface area (Å²) in [6.07, 6.45) is 1.74. The zero-order chi connectivity index (χ0) is 27.2. The molecular weight excluding hydrogens is 500 g/mol. The van der Waals surface area contributed by atoms with Crippen LogP contribution < -0.4 is 0 Å². The minimum absolute atomic E-state index is 0.0159. The SMILES string of the molecule is CC(C)C[C@@]1(C(=O)O)C[C@H](c2ncno2)[C@H](c2nc3ccccc3s2)N1C(=O)c1ccc(C(C)(C)C)cc1. The Balaban J connectivity index is 1.71. The molecule has 0 spiro atoms. The van der Waals surface area contributed by atoms with Crippen molar-refractivity contribution in [3.8, 4) is 0 Å². The van der Waals surface area contributed by atoms with Crippen LogP contribution in [0.15, 0.2) is 59.4 Å². The van der Waals surface area contributed by atoms with Crippen molar-refractivity contribution in [2.75, 3.05) is 0 Å². The molecular formula is C29H32N4O4S. The molecule has 1 saturated heterocycles. The number of carboxylic acid groups (broad SMARTS) is 1. The number of carbonyl (C=O) groups excluding carboxylic acids is 1. The van der Waals surface area contributed by atoms with Gasteiger partial charge in [0, 0.05) is 5.56 Å². The average molecular weight is 533 g/mol. The summed E-state index contributed by atoms with van der Waals surface area (Å²) in [5.41, 5.74) is 0.772. The molecule has 0 aliphatic carbocycles. The van der Waals surface area contributed by atoms with Gasteiger partial charge in [0.05, 0.1) is 22.2 Å². The first-order valence-electron chi connectivity index (χ1n) is 12.8. The Bertz CT molecular complexity index is 1420. The Labute approximate surface area is 225 Å². The highest BCUT2D eigenvalue weighted by molar-refractivity contribution is 7.18. The normalized spacial score (nSPS) is 21.9. The van der Waals surface area contributed by atoms with Gasteiger partial charge < -0.3 is 14.5 Å². The molecule has 5 rings (SSSR count). The number of aromatic nitrogens is 3. The maximum Gasteiger partial charge on any atom is 0.329 e. The van der Waals surface area contributed by atoms with Gasteiger partial charge in [-0.25, -0.2) is 9.78 Å². The van der Waals surface area contributed by atoms with Crippen LogP contribution in [-0.2, 0) is 10.2 Å². The van der Waals surface area contributed by atoms with E-state index < -0.39 is 23.5 Å². The zero-order valence-electron chi connectivity index (χ0n) is 22.2. The number of fused-ring (bicyclic) bond motifs is 1. The molecule has 2 aromatic heterocycles. The van der Waals surface area contributed by atoms with Crippen molar-refractivity contribution in [3.63, 3.8) is 0 Å². The molecule has 9 heteroatoms. The lowest BCUT2D eigenvalue weighted by Gasteiger charge is -2.38. The predicted octanol–water partition coefficient (Wildman–Crippen LogP) is 6.22. The molecule has 38 heavy (non-hydrogen) atoms. The summed E-state index contributed by atoms with van der Waals surface area (Å²) in [6, 6.07) is 14.5. The van der Waals surface area contributed by atoms with Gasteiger partial charge in [0.1, 0.15) is 10.5 Å². The third kappa shape index (κ3) is 4.49. The Morgan fingerprint density at radius 2 is 1.87 bits per heavy atom. The number of hydrogen-bond acceptors (Lipinski definition) is 7. The number of para-hydroxylation sites is 1. The zero-order valence-corrected chi connectivity index (χ0v) is 23.0.